The highest BCUT2D eigenvalue weighted by Gasteiger charge is 2.42. The summed E-state index contributed by atoms with van der Waals surface area (Å²) < 4.78 is 10.9. The Bertz CT molecular complexity index is 495. The number of aliphatic hydroxyl groups is 1. The van der Waals surface area contributed by atoms with Crippen LogP contribution in [0.15, 0.2) is 0 Å². The number of hydrogen-bond acceptors (Lipinski definition) is 6. The van der Waals surface area contributed by atoms with Crippen LogP contribution in [0, 0.1) is 11.8 Å². The number of aliphatic hydroxyl groups excluding tert-OH is 1. The summed E-state index contributed by atoms with van der Waals surface area (Å²) in [5.74, 6) is 0.727. The number of piperidine rings is 3. The van der Waals surface area contributed by atoms with Crippen LogP contribution in [0.2, 0.25) is 0 Å². The Morgan fingerprint density at radius 1 is 1.08 bits per heavy atom. The minimum absolute atomic E-state index is 0.0802. The van der Waals surface area contributed by atoms with Crippen molar-refractivity contribution in [3.05, 3.63) is 0 Å². The van der Waals surface area contributed by atoms with Gasteiger partial charge in [0.05, 0.1) is 6.54 Å². The van der Waals surface area contributed by atoms with E-state index < -0.39 is 23.4 Å². The summed E-state index contributed by atoms with van der Waals surface area (Å²) in [6.45, 7) is 12.8. The summed E-state index contributed by atoms with van der Waals surface area (Å²) in [5.41, 5.74) is -1.38. The Morgan fingerprint density at radius 2 is 1.62 bits per heavy atom. The highest BCUT2D eigenvalue weighted by atomic mass is 16.6. The summed E-state index contributed by atoms with van der Waals surface area (Å²) in [7, 11) is 0. The molecule has 0 aliphatic carbocycles. The lowest BCUT2D eigenvalue weighted by Crippen LogP contribution is -2.59. The van der Waals surface area contributed by atoms with E-state index in [1.54, 1.807) is 41.5 Å². The van der Waals surface area contributed by atoms with Crippen LogP contribution in [-0.2, 0) is 9.47 Å². The lowest BCUT2D eigenvalue weighted by molar-refractivity contribution is -0.0403. The first-order chi connectivity index (χ1) is 11.9. The number of fused-ring (bicyclic) bond motifs is 3. The predicted molar refractivity (Wildman–Crippen MR) is 97.8 cm³/mol. The van der Waals surface area contributed by atoms with E-state index in [4.69, 9.17) is 9.47 Å². The van der Waals surface area contributed by atoms with Crippen LogP contribution in [0.5, 0.6) is 0 Å². The van der Waals surface area contributed by atoms with Crippen molar-refractivity contribution in [1.82, 2.24) is 9.80 Å². The van der Waals surface area contributed by atoms with Gasteiger partial charge >= 0.3 is 12.2 Å². The molecule has 26 heavy (non-hydrogen) atoms. The molecule has 3 fully saturated rings. The molecule has 150 valence electrons. The van der Waals surface area contributed by atoms with Gasteiger partial charge < -0.3 is 14.6 Å². The molecule has 2 amide bonds. The van der Waals surface area contributed by atoms with Gasteiger partial charge in [0.2, 0.25) is 0 Å². The summed E-state index contributed by atoms with van der Waals surface area (Å²) in [4.78, 5) is 28.6. The number of nitrogens with zero attached hydrogens (tertiary/aromatic N) is 2. The summed E-state index contributed by atoms with van der Waals surface area (Å²) in [5, 5.41) is 9.53. The van der Waals surface area contributed by atoms with Crippen molar-refractivity contribution < 1.29 is 24.2 Å². The summed E-state index contributed by atoms with van der Waals surface area (Å²) >= 11 is 0. The molecule has 1 unspecified atom stereocenters. The smallest absolute Gasteiger partial charge is 0.419 e. The molecular weight excluding hydrogens is 336 g/mol. The van der Waals surface area contributed by atoms with Gasteiger partial charge in [-0.1, -0.05) is 0 Å². The van der Waals surface area contributed by atoms with Crippen molar-refractivity contribution in [3.63, 3.8) is 0 Å². The molecule has 0 saturated carbocycles. The molecular formula is C19H34N2O5. The Balaban J connectivity index is 2.11. The van der Waals surface area contributed by atoms with Gasteiger partial charge in [-0.05, 0) is 72.8 Å². The van der Waals surface area contributed by atoms with E-state index in [0.29, 0.717) is 5.92 Å². The largest absolute Gasteiger partial charge is 0.443 e. The first-order valence-corrected chi connectivity index (χ1v) is 9.48. The molecule has 0 radical (unpaired) electrons. The molecule has 3 saturated heterocycles. The fourth-order valence-corrected chi connectivity index (χ4v) is 3.71. The molecule has 3 rings (SSSR count). The first-order valence-electron chi connectivity index (χ1n) is 9.48. The van der Waals surface area contributed by atoms with Crippen LogP contribution in [0.3, 0.4) is 0 Å². The second-order valence-corrected chi connectivity index (χ2v) is 9.45. The minimum Gasteiger partial charge on any atom is -0.443 e. The van der Waals surface area contributed by atoms with Crippen LogP contribution in [-0.4, -0.2) is 70.6 Å². The third-order valence-corrected chi connectivity index (χ3v) is 4.87. The second-order valence-electron chi connectivity index (χ2n) is 9.45. The van der Waals surface area contributed by atoms with E-state index in [2.05, 4.69) is 4.90 Å². The van der Waals surface area contributed by atoms with E-state index in [0.717, 1.165) is 30.8 Å². The SMILES string of the molecule is CC(C)(C)OC(=O)N(C[C@@H]1C[C@@H]2CCN1C[C@@H]2CO)C(=O)OC(C)(C)C. The lowest BCUT2D eigenvalue weighted by atomic mass is 9.76. The van der Waals surface area contributed by atoms with Crippen LogP contribution in [0.1, 0.15) is 54.4 Å². The van der Waals surface area contributed by atoms with Crippen molar-refractivity contribution in [1.29, 1.82) is 0 Å². The average Bonchev–Trinajstić information content (AvgIpc) is 2.49. The second kappa shape index (κ2) is 7.72. The molecule has 0 aromatic rings. The third-order valence-electron chi connectivity index (χ3n) is 4.87. The molecule has 0 aromatic heterocycles. The number of imide groups is 1. The molecule has 7 nitrogen and oxygen atoms in total. The Labute approximate surface area is 156 Å². The summed E-state index contributed by atoms with van der Waals surface area (Å²) in [6.07, 6.45) is 0.578. The quantitative estimate of drug-likeness (QED) is 0.823. The lowest BCUT2D eigenvalue weighted by Gasteiger charge is -2.50. The highest BCUT2D eigenvalue weighted by molar-refractivity contribution is 5.88. The minimum atomic E-state index is -0.689. The third kappa shape index (κ3) is 5.58. The average molecular weight is 370 g/mol. The van der Waals surface area contributed by atoms with E-state index >= 15 is 0 Å². The fourth-order valence-electron chi connectivity index (χ4n) is 3.71. The topological polar surface area (TPSA) is 79.3 Å². The number of carbonyl (C=O) groups is 2. The maximum absolute atomic E-state index is 12.6. The van der Waals surface area contributed by atoms with E-state index in [1.807, 2.05) is 0 Å². The van der Waals surface area contributed by atoms with Gasteiger partial charge in [-0.15, -0.1) is 0 Å². The number of ether oxygens (including phenoxy) is 2. The van der Waals surface area contributed by atoms with Gasteiger partial charge in [-0.2, -0.15) is 0 Å². The van der Waals surface area contributed by atoms with Gasteiger partial charge in [-0.25, -0.2) is 14.5 Å². The molecule has 0 spiro atoms. The van der Waals surface area contributed by atoms with Crippen molar-refractivity contribution in [2.24, 2.45) is 11.8 Å². The zero-order chi connectivity index (χ0) is 19.7. The van der Waals surface area contributed by atoms with Crippen molar-refractivity contribution in [2.75, 3.05) is 26.2 Å². The zero-order valence-electron chi connectivity index (χ0n) is 16.9. The fraction of sp³-hybridized carbons (Fsp3) is 0.895. The monoisotopic (exact) mass is 370 g/mol. The van der Waals surface area contributed by atoms with E-state index in [1.165, 1.54) is 0 Å². The van der Waals surface area contributed by atoms with Crippen LogP contribution in [0.25, 0.3) is 0 Å². The molecule has 2 bridgehead atoms. The van der Waals surface area contributed by atoms with E-state index in [9.17, 15) is 14.7 Å². The van der Waals surface area contributed by atoms with Gasteiger partial charge in [0.25, 0.3) is 0 Å². The molecule has 3 aliphatic heterocycles. The molecule has 4 atom stereocenters. The molecule has 3 aliphatic rings. The van der Waals surface area contributed by atoms with Gasteiger partial charge in [-0.3, -0.25) is 4.90 Å². The maximum Gasteiger partial charge on any atom is 0.419 e. The zero-order valence-corrected chi connectivity index (χ0v) is 16.9. The van der Waals surface area contributed by atoms with E-state index in [-0.39, 0.29) is 25.1 Å². The number of carbonyl (C=O) groups excluding carboxylic acids is 2. The Hall–Kier alpha value is -1.34. The van der Waals surface area contributed by atoms with Gasteiger partial charge in [0.15, 0.2) is 0 Å². The number of amides is 2. The van der Waals surface area contributed by atoms with Crippen molar-refractivity contribution in [3.8, 4) is 0 Å². The van der Waals surface area contributed by atoms with Crippen LogP contribution >= 0.6 is 0 Å². The summed E-state index contributed by atoms with van der Waals surface area (Å²) in [6, 6.07) is 0.0802. The van der Waals surface area contributed by atoms with Gasteiger partial charge in [0.1, 0.15) is 11.2 Å². The molecule has 0 aromatic carbocycles. The van der Waals surface area contributed by atoms with Gasteiger partial charge in [0, 0.05) is 19.2 Å². The molecule has 3 heterocycles. The number of rotatable bonds is 3. The Morgan fingerprint density at radius 3 is 2.00 bits per heavy atom. The number of hydrogen-bond donors (Lipinski definition) is 1. The highest BCUT2D eigenvalue weighted by Crippen LogP contribution is 2.36. The molecule has 1 N–H and O–H groups in total. The molecule has 7 heteroatoms. The Kier molecular flexibility index (Phi) is 6.23. The van der Waals surface area contributed by atoms with Crippen molar-refractivity contribution >= 4 is 12.2 Å². The first kappa shape index (κ1) is 21.0. The van der Waals surface area contributed by atoms with Crippen LogP contribution in [0.4, 0.5) is 9.59 Å². The maximum atomic E-state index is 12.6. The predicted octanol–water partition coefficient (Wildman–Crippen LogP) is 2.86. The standard InChI is InChI=1S/C19H34N2O5/c1-18(2,3)25-16(23)21(17(24)26-19(4,5)6)11-15-9-13-7-8-20(15)10-14(13)12-22/h13-15,22H,7-12H2,1-6H3/t13-,14+,15-/m0/s1. The van der Waals surface area contributed by atoms with Crippen molar-refractivity contribution in [2.45, 2.75) is 71.6 Å². The van der Waals surface area contributed by atoms with Crippen LogP contribution < -0.4 is 0 Å². The normalized spacial score (nSPS) is 28.6.